The Morgan fingerprint density at radius 2 is 1.94 bits per heavy atom. The van der Waals surface area contributed by atoms with Crippen molar-refractivity contribution in [2.45, 2.75) is 30.9 Å². The summed E-state index contributed by atoms with van der Waals surface area (Å²) in [4.78, 5) is 29.0. The minimum atomic E-state index is -4.01. The summed E-state index contributed by atoms with van der Waals surface area (Å²) in [6.07, 6.45) is -2.51. The van der Waals surface area contributed by atoms with Gasteiger partial charge in [-0.1, -0.05) is 5.11 Å². The number of aromatic nitrogens is 2. The Morgan fingerprint density at radius 1 is 1.29 bits per heavy atom. The smallest absolute Gasteiger partial charge is 0.330 e. The molecular weight excluding hydrogens is 474 g/mol. The van der Waals surface area contributed by atoms with Crippen molar-refractivity contribution in [1.29, 1.82) is 0 Å². The van der Waals surface area contributed by atoms with Gasteiger partial charge in [-0.25, -0.2) is 4.79 Å². The number of methoxy groups -OCH3 is 1. The predicted octanol–water partition coefficient (Wildman–Crippen LogP) is 0.216. The first-order valence-corrected chi connectivity index (χ1v) is 11.7. The third-order valence-electron chi connectivity index (χ3n) is 5.26. The molecule has 1 fully saturated rings. The molecule has 4 atom stereocenters. The van der Waals surface area contributed by atoms with Crippen LogP contribution in [0.5, 0.6) is 11.5 Å². The average molecular weight is 497 g/mol. The van der Waals surface area contributed by atoms with Gasteiger partial charge in [0.05, 0.1) is 20.0 Å². The zero-order valence-electron chi connectivity index (χ0n) is 18.4. The Morgan fingerprint density at radius 3 is 2.53 bits per heavy atom. The summed E-state index contributed by atoms with van der Waals surface area (Å²) in [5.41, 5.74) is 5.83. The molecule has 1 aliphatic rings. The first-order valence-electron chi connectivity index (χ1n) is 9.84. The van der Waals surface area contributed by atoms with E-state index in [1.54, 1.807) is 24.3 Å². The molecule has 3 rings (SSSR count). The maximum atomic E-state index is 12.4. The van der Waals surface area contributed by atoms with Crippen LogP contribution >= 0.6 is 0 Å². The number of aromatic amines is 1. The van der Waals surface area contributed by atoms with Gasteiger partial charge in [0.15, 0.2) is 6.23 Å². The fraction of sp³-hybridized carbons (Fsp3) is 0.474. The first-order chi connectivity index (χ1) is 16.0. The Hall–Kier alpha value is -3.36. The fourth-order valence-corrected chi connectivity index (χ4v) is 3.84. The van der Waals surface area contributed by atoms with Crippen molar-refractivity contribution < 1.29 is 31.9 Å². The van der Waals surface area contributed by atoms with E-state index in [0.717, 1.165) is 10.8 Å². The highest BCUT2D eigenvalue weighted by atomic mass is 32.2. The summed E-state index contributed by atoms with van der Waals surface area (Å²) in [6.45, 7) is 0.332. The molecule has 0 aliphatic carbocycles. The number of aliphatic hydroxyl groups excluding tert-OH is 1. The summed E-state index contributed by atoms with van der Waals surface area (Å²) in [7, 11) is -2.51. The third-order valence-corrected chi connectivity index (χ3v) is 5.81. The van der Waals surface area contributed by atoms with E-state index in [-0.39, 0.29) is 12.2 Å². The Balaban J connectivity index is 2.01. The number of aryl methyl sites for hydroxylation is 1. The summed E-state index contributed by atoms with van der Waals surface area (Å²) in [6, 6.07) is 6.47. The number of nitrogens with one attached hydrogen (secondary N) is 1. The Labute approximate surface area is 193 Å². The highest BCUT2D eigenvalue weighted by Gasteiger charge is 2.58. The molecular formula is C19H23N5O9S. The quantitative estimate of drug-likeness (QED) is 0.211. The minimum absolute atomic E-state index is 0.148. The number of hydrogen-bond acceptors (Lipinski definition) is 10. The van der Waals surface area contributed by atoms with E-state index in [2.05, 4.69) is 15.0 Å². The van der Waals surface area contributed by atoms with Gasteiger partial charge in [0.1, 0.15) is 35.9 Å². The van der Waals surface area contributed by atoms with E-state index >= 15 is 0 Å². The van der Waals surface area contributed by atoms with Crippen LogP contribution in [-0.2, 0) is 19.0 Å². The summed E-state index contributed by atoms with van der Waals surface area (Å²) in [5, 5.41) is 14.7. The van der Waals surface area contributed by atoms with Gasteiger partial charge >= 0.3 is 5.69 Å². The zero-order chi connectivity index (χ0) is 25.1. The lowest BCUT2D eigenvalue weighted by molar-refractivity contribution is -0.0511. The van der Waals surface area contributed by atoms with Crippen LogP contribution in [0.15, 0.2) is 45.2 Å². The Kier molecular flexibility index (Phi) is 7.33. The van der Waals surface area contributed by atoms with Gasteiger partial charge < -0.3 is 19.3 Å². The second kappa shape index (κ2) is 9.87. The molecule has 0 radical (unpaired) electrons. The summed E-state index contributed by atoms with van der Waals surface area (Å²) in [5.74, 6) is 0.955. The molecule has 2 aromatic rings. The van der Waals surface area contributed by atoms with Crippen molar-refractivity contribution in [3.63, 3.8) is 0 Å². The molecule has 1 saturated heterocycles. The van der Waals surface area contributed by atoms with Crippen LogP contribution in [0, 0.1) is 6.92 Å². The molecule has 0 bridgehead atoms. The SMILES string of the molecule is COc1ccc(OC[C@H]2O[C@@H](n3cc(C)c(=O)[nH]c3=O)[C@@H](O)[C@]2(COS(C)(=O)=O)N=[N+]=[N-])cc1. The van der Waals surface area contributed by atoms with Gasteiger partial charge in [0, 0.05) is 16.7 Å². The summed E-state index contributed by atoms with van der Waals surface area (Å²) >= 11 is 0. The lowest BCUT2D eigenvalue weighted by Crippen LogP contribution is -2.52. The van der Waals surface area contributed by atoms with Gasteiger partial charge in [-0.05, 0) is 36.7 Å². The number of rotatable bonds is 9. The van der Waals surface area contributed by atoms with Gasteiger partial charge in [-0.15, -0.1) is 0 Å². The number of hydrogen-bond donors (Lipinski definition) is 2. The highest BCUT2D eigenvalue weighted by molar-refractivity contribution is 7.85. The molecule has 2 heterocycles. The number of aliphatic hydroxyl groups is 1. The molecule has 0 saturated carbocycles. The van der Waals surface area contributed by atoms with Crippen LogP contribution in [-0.4, -0.2) is 67.4 Å². The van der Waals surface area contributed by atoms with E-state index in [9.17, 15) is 28.6 Å². The second-order valence-corrected chi connectivity index (χ2v) is 9.22. The number of ether oxygens (including phenoxy) is 3. The molecule has 1 aromatic heterocycles. The van der Waals surface area contributed by atoms with Crippen molar-refractivity contribution >= 4 is 10.1 Å². The molecule has 34 heavy (non-hydrogen) atoms. The standard InChI is InChI=1S/C19H23N5O9S/c1-11-8-24(18(27)21-16(11)26)17-15(25)19(22-23-20,10-32-34(3,28)29)14(33-17)9-31-13-6-4-12(30-2)5-7-13/h4-8,14-15,17,25H,9-10H2,1-3H3,(H,21,26,27)/t14-,15-,17-,19-/m1/s1. The van der Waals surface area contributed by atoms with E-state index in [1.165, 1.54) is 20.2 Å². The van der Waals surface area contributed by atoms with Gasteiger partial charge in [-0.2, -0.15) is 8.42 Å². The Bertz CT molecular complexity index is 1300. The maximum absolute atomic E-state index is 12.4. The van der Waals surface area contributed by atoms with Crippen LogP contribution in [0.1, 0.15) is 11.8 Å². The molecule has 0 unspecified atom stereocenters. The van der Waals surface area contributed by atoms with Gasteiger partial charge in [-0.3, -0.25) is 18.5 Å². The predicted molar refractivity (Wildman–Crippen MR) is 117 cm³/mol. The average Bonchev–Trinajstić information content (AvgIpc) is 3.05. The van der Waals surface area contributed by atoms with E-state index in [1.807, 2.05) is 0 Å². The van der Waals surface area contributed by atoms with Crippen molar-refractivity contribution in [3.05, 3.63) is 67.3 Å². The molecule has 1 aliphatic heterocycles. The van der Waals surface area contributed by atoms with Crippen molar-refractivity contribution in [2.75, 3.05) is 26.6 Å². The molecule has 0 spiro atoms. The number of H-pyrrole nitrogens is 1. The van der Waals surface area contributed by atoms with Crippen molar-refractivity contribution in [1.82, 2.24) is 9.55 Å². The monoisotopic (exact) mass is 497 g/mol. The van der Waals surface area contributed by atoms with Gasteiger partial charge in [0.2, 0.25) is 0 Å². The van der Waals surface area contributed by atoms with Gasteiger partial charge in [0.25, 0.3) is 15.7 Å². The van der Waals surface area contributed by atoms with Crippen molar-refractivity contribution in [2.24, 2.45) is 5.11 Å². The minimum Gasteiger partial charge on any atom is -0.497 e. The molecule has 1 aromatic carbocycles. The molecule has 14 nitrogen and oxygen atoms in total. The fourth-order valence-electron chi connectivity index (χ4n) is 3.43. The van der Waals surface area contributed by atoms with Crippen LogP contribution in [0.25, 0.3) is 10.4 Å². The number of benzene rings is 1. The van der Waals surface area contributed by atoms with Crippen LogP contribution < -0.4 is 20.7 Å². The van der Waals surface area contributed by atoms with Crippen LogP contribution in [0.4, 0.5) is 0 Å². The number of nitrogens with zero attached hydrogens (tertiary/aromatic N) is 4. The third kappa shape index (κ3) is 5.24. The molecule has 0 amide bonds. The maximum Gasteiger partial charge on any atom is 0.330 e. The zero-order valence-corrected chi connectivity index (χ0v) is 19.3. The highest BCUT2D eigenvalue weighted by Crippen LogP contribution is 2.40. The van der Waals surface area contributed by atoms with Crippen LogP contribution in [0.2, 0.25) is 0 Å². The largest absolute Gasteiger partial charge is 0.497 e. The van der Waals surface area contributed by atoms with Crippen LogP contribution in [0.3, 0.4) is 0 Å². The topological polar surface area (TPSA) is 195 Å². The van der Waals surface area contributed by atoms with E-state index in [0.29, 0.717) is 11.5 Å². The molecule has 184 valence electrons. The lowest BCUT2D eigenvalue weighted by atomic mass is 9.90. The molecule has 2 N–H and O–H groups in total. The summed E-state index contributed by atoms with van der Waals surface area (Å²) < 4.78 is 45.7. The van der Waals surface area contributed by atoms with Crippen molar-refractivity contribution in [3.8, 4) is 11.5 Å². The normalized spacial score (nSPS) is 24.4. The number of azide groups is 1. The van der Waals surface area contributed by atoms with E-state index in [4.69, 9.17) is 18.4 Å². The second-order valence-electron chi connectivity index (χ2n) is 7.57. The lowest BCUT2D eigenvalue weighted by Gasteiger charge is -2.30. The molecule has 15 heteroatoms. The first kappa shape index (κ1) is 25.3. The van der Waals surface area contributed by atoms with E-state index < -0.39 is 51.9 Å².